The summed E-state index contributed by atoms with van der Waals surface area (Å²) in [6.07, 6.45) is 13.1. The van der Waals surface area contributed by atoms with Gasteiger partial charge in [0.05, 0.1) is 5.69 Å². The Balaban J connectivity index is 1.45. The maximum Gasteiger partial charge on any atom is 0.124 e. The third-order valence-corrected chi connectivity index (χ3v) is 4.77. The van der Waals surface area contributed by atoms with Crippen LogP contribution >= 0.6 is 0 Å². The summed E-state index contributed by atoms with van der Waals surface area (Å²) < 4.78 is 4.84. The molecule has 2 aliphatic rings. The van der Waals surface area contributed by atoms with Crippen LogP contribution in [0.3, 0.4) is 0 Å². The minimum Gasteiger partial charge on any atom is -0.364 e. The topological polar surface area (TPSA) is 38.1 Å². The highest BCUT2D eigenvalue weighted by Gasteiger charge is 2.37. The van der Waals surface area contributed by atoms with Crippen LogP contribution in [0, 0.1) is 5.41 Å². The van der Waals surface area contributed by atoms with Crippen molar-refractivity contribution in [2.45, 2.75) is 64.0 Å². The molecular weight excluding hydrogens is 212 g/mol. The zero-order chi connectivity index (χ0) is 11.6. The van der Waals surface area contributed by atoms with Gasteiger partial charge in [0.25, 0.3) is 0 Å². The van der Waals surface area contributed by atoms with E-state index in [1.165, 1.54) is 51.4 Å². The molecule has 1 heterocycles. The van der Waals surface area contributed by atoms with Gasteiger partial charge in [-0.15, -0.1) is 0 Å². The zero-order valence-electron chi connectivity index (χ0n) is 10.5. The van der Waals surface area contributed by atoms with Crippen molar-refractivity contribution in [3.05, 3.63) is 18.0 Å². The van der Waals surface area contributed by atoms with Gasteiger partial charge in [-0.3, -0.25) is 0 Å². The first-order chi connectivity index (χ1) is 8.36. The van der Waals surface area contributed by atoms with Crippen molar-refractivity contribution < 1.29 is 4.52 Å². The van der Waals surface area contributed by atoms with E-state index in [0.717, 1.165) is 17.7 Å². The molecule has 2 saturated carbocycles. The van der Waals surface area contributed by atoms with Crippen molar-refractivity contribution in [2.75, 3.05) is 0 Å². The molecular formula is C14H22N2O. The zero-order valence-corrected chi connectivity index (χ0v) is 10.5. The summed E-state index contributed by atoms with van der Waals surface area (Å²) >= 11 is 0. The molecule has 1 N–H and O–H groups in total. The predicted molar refractivity (Wildman–Crippen MR) is 66.5 cm³/mol. The normalized spacial score (nSPS) is 24.5. The average Bonchev–Trinajstić information content (AvgIpc) is 3.01. The Hall–Kier alpha value is -0.830. The summed E-state index contributed by atoms with van der Waals surface area (Å²) in [4.78, 5) is 0. The van der Waals surface area contributed by atoms with Crippen LogP contribution in [0.25, 0.3) is 0 Å². The van der Waals surface area contributed by atoms with Crippen LogP contribution in [0.4, 0.5) is 0 Å². The van der Waals surface area contributed by atoms with Crippen LogP contribution in [0.1, 0.15) is 57.1 Å². The monoisotopic (exact) mass is 234 g/mol. The van der Waals surface area contributed by atoms with Crippen LogP contribution in [0.5, 0.6) is 0 Å². The molecule has 3 rings (SSSR count). The van der Waals surface area contributed by atoms with E-state index in [0.29, 0.717) is 6.04 Å². The van der Waals surface area contributed by atoms with Crippen molar-refractivity contribution >= 4 is 0 Å². The average molecular weight is 234 g/mol. The van der Waals surface area contributed by atoms with E-state index in [1.54, 1.807) is 6.26 Å². The molecule has 0 saturated heterocycles. The number of aromatic nitrogens is 1. The second kappa shape index (κ2) is 4.81. The van der Waals surface area contributed by atoms with Crippen molar-refractivity contribution in [1.82, 2.24) is 10.5 Å². The van der Waals surface area contributed by atoms with Crippen LogP contribution in [-0.2, 0) is 6.54 Å². The van der Waals surface area contributed by atoms with E-state index in [9.17, 15) is 0 Å². The molecule has 0 radical (unpaired) electrons. The maximum absolute atomic E-state index is 4.84. The quantitative estimate of drug-likeness (QED) is 0.872. The lowest BCUT2D eigenvalue weighted by Gasteiger charge is -2.37. The summed E-state index contributed by atoms with van der Waals surface area (Å²) in [6.45, 7) is 0.855. The van der Waals surface area contributed by atoms with Crippen molar-refractivity contribution in [1.29, 1.82) is 0 Å². The molecule has 2 aliphatic carbocycles. The Morgan fingerprint density at radius 1 is 1.24 bits per heavy atom. The number of nitrogens with one attached hydrogen (secondary N) is 1. The van der Waals surface area contributed by atoms with Crippen molar-refractivity contribution in [2.24, 2.45) is 5.41 Å². The van der Waals surface area contributed by atoms with Gasteiger partial charge in [-0.2, -0.15) is 0 Å². The Labute approximate surface area is 103 Å². The van der Waals surface area contributed by atoms with Gasteiger partial charge in [0.15, 0.2) is 0 Å². The lowest BCUT2D eigenvalue weighted by molar-refractivity contribution is 0.167. The molecule has 1 aromatic rings. The van der Waals surface area contributed by atoms with Crippen LogP contribution < -0.4 is 5.32 Å². The number of rotatable bonds is 3. The maximum atomic E-state index is 4.84. The summed E-state index contributed by atoms with van der Waals surface area (Å²) in [5.74, 6) is 0. The van der Waals surface area contributed by atoms with E-state index in [2.05, 4.69) is 10.5 Å². The molecule has 3 heteroatoms. The third kappa shape index (κ3) is 2.54. The van der Waals surface area contributed by atoms with Gasteiger partial charge < -0.3 is 9.84 Å². The molecule has 2 fully saturated rings. The Bertz CT molecular complexity index is 331. The Morgan fingerprint density at radius 2 is 2.00 bits per heavy atom. The smallest absolute Gasteiger partial charge is 0.124 e. The fraction of sp³-hybridized carbons (Fsp3) is 0.786. The van der Waals surface area contributed by atoms with E-state index >= 15 is 0 Å². The second-order valence-electron chi connectivity index (χ2n) is 5.85. The molecule has 0 aliphatic heterocycles. The molecule has 0 atom stereocenters. The number of hydrogen-bond donors (Lipinski definition) is 1. The van der Waals surface area contributed by atoms with Crippen molar-refractivity contribution in [3.8, 4) is 0 Å². The molecule has 1 spiro atoms. The minimum absolute atomic E-state index is 0.693. The molecule has 0 unspecified atom stereocenters. The van der Waals surface area contributed by atoms with E-state index < -0.39 is 0 Å². The van der Waals surface area contributed by atoms with E-state index in [4.69, 9.17) is 4.52 Å². The van der Waals surface area contributed by atoms with Crippen LogP contribution in [-0.4, -0.2) is 11.2 Å². The minimum atomic E-state index is 0.693. The Kier molecular flexibility index (Phi) is 3.19. The Morgan fingerprint density at radius 3 is 2.65 bits per heavy atom. The fourth-order valence-corrected chi connectivity index (χ4v) is 3.64. The van der Waals surface area contributed by atoms with Gasteiger partial charge in [0.2, 0.25) is 0 Å². The molecule has 1 aromatic heterocycles. The van der Waals surface area contributed by atoms with Gasteiger partial charge >= 0.3 is 0 Å². The number of hydrogen-bond acceptors (Lipinski definition) is 3. The van der Waals surface area contributed by atoms with Gasteiger partial charge in [-0.1, -0.05) is 18.0 Å². The lowest BCUT2D eigenvalue weighted by Crippen LogP contribution is -2.36. The van der Waals surface area contributed by atoms with Crippen LogP contribution in [0.15, 0.2) is 16.9 Å². The molecule has 0 amide bonds. The first-order valence-electron chi connectivity index (χ1n) is 6.99. The summed E-state index contributed by atoms with van der Waals surface area (Å²) in [6, 6.07) is 2.63. The summed E-state index contributed by atoms with van der Waals surface area (Å²) in [5, 5.41) is 7.54. The van der Waals surface area contributed by atoms with Gasteiger partial charge in [-0.05, 0) is 43.9 Å². The first-order valence-corrected chi connectivity index (χ1v) is 6.99. The van der Waals surface area contributed by atoms with Crippen molar-refractivity contribution in [3.63, 3.8) is 0 Å². The molecule has 3 nitrogen and oxygen atoms in total. The van der Waals surface area contributed by atoms with E-state index in [-0.39, 0.29) is 0 Å². The summed E-state index contributed by atoms with van der Waals surface area (Å²) in [5.41, 5.74) is 1.76. The molecule has 0 aromatic carbocycles. The highest BCUT2D eigenvalue weighted by atomic mass is 16.5. The third-order valence-electron chi connectivity index (χ3n) is 4.77. The molecule has 0 bridgehead atoms. The highest BCUT2D eigenvalue weighted by Crippen LogP contribution is 2.48. The summed E-state index contributed by atoms with van der Waals surface area (Å²) in [7, 11) is 0. The molecule has 17 heavy (non-hydrogen) atoms. The van der Waals surface area contributed by atoms with Gasteiger partial charge in [-0.25, -0.2) is 0 Å². The fourth-order valence-electron chi connectivity index (χ4n) is 3.64. The number of nitrogens with zero attached hydrogens (tertiary/aromatic N) is 1. The second-order valence-corrected chi connectivity index (χ2v) is 5.85. The first kappa shape index (κ1) is 11.3. The SMILES string of the molecule is c1cc(CNC2CCC3(CCCC3)CC2)no1. The van der Waals surface area contributed by atoms with Gasteiger partial charge in [0.1, 0.15) is 6.26 Å². The lowest BCUT2D eigenvalue weighted by atomic mass is 9.71. The largest absolute Gasteiger partial charge is 0.364 e. The molecule has 94 valence electrons. The highest BCUT2D eigenvalue weighted by molar-refractivity contribution is 4.96. The van der Waals surface area contributed by atoms with E-state index in [1.807, 2.05) is 6.07 Å². The van der Waals surface area contributed by atoms with Gasteiger partial charge in [0, 0.05) is 18.7 Å². The predicted octanol–water partition coefficient (Wildman–Crippen LogP) is 3.27. The standard InChI is InChI=1S/C14H22N2O/c1-2-7-14(6-1)8-3-12(4-9-14)15-11-13-5-10-17-16-13/h5,10,12,15H,1-4,6-9,11H2. The van der Waals surface area contributed by atoms with Crippen LogP contribution in [0.2, 0.25) is 0 Å².